The molecule has 1 N–H and O–H groups in total. The van der Waals surface area contributed by atoms with Crippen molar-refractivity contribution in [2.24, 2.45) is 5.92 Å². The largest absolute Gasteiger partial charge is 0.487 e. The molecule has 4 aromatic rings. The van der Waals surface area contributed by atoms with Crippen LogP contribution in [0.2, 0.25) is 0 Å². The molecule has 4 atom stereocenters. The Bertz CT molecular complexity index is 1690. The van der Waals surface area contributed by atoms with Gasteiger partial charge in [0.15, 0.2) is 0 Å². The number of methoxy groups -OCH3 is 1. The van der Waals surface area contributed by atoms with Crippen molar-refractivity contribution in [3.8, 4) is 28.8 Å². The Morgan fingerprint density at radius 3 is 2.44 bits per heavy atom. The molecule has 0 spiro atoms. The highest BCUT2D eigenvalue weighted by Crippen LogP contribution is 2.36. The standard InChI is InChI=1S/C36H48N10O4/c1-24(20-47-5)21-48-35-33(19-46(43-35)32-10-8-31(9-11-32)44-16-25(2)49-26(3)17-44)42-36-39-14-30(15-40-36)28-6-7-29(13-37)34(12-28)50-27(4)18-45-23-38-22-41-45/h6-7,12,14-15,19,22-27,31-32H,8-11,16-18,20-21H2,1-5H3,(H,39,40,42)/t24-,25-,26+,27-,31?,32?/m0/s1. The van der Waals surface area contributed by atoms with Gasteiger partial charge in [-0.2, -0.15) is 10.4 Å². The number of hydrogen-bond donors (Lipinski definition) is 1. The summed E-state index contributed by atoms with van der Waals surface area (Å²) >= 11 is 0. The predicted molar refractivity (Wildman–Crippen MR) is 187 cm³/mol. The first-order chi connectivity index (χ1) is 24.3. The van der Waals surface area contributed by atoms with Crippen LogP contribution in [-0.4, -0.2) is 97.2 Å². The highest BCUT2D eigenvalue weighted by Gasteiger charge is 2.32. The molecular weight excluding hydrogens is 636 g/mol. The normalized spacial score (nSPS) is 22.4. The van der Waals surface area contributed by atoms with Gasteiger partial charge in [0.25, 0.3) is 5.88 Å². The van der Waals surface area contributed by atoms with Gasteiger partial charge in [-0.3, -0.25) is 9.58 Å². The van der Waals surface area contributed by atoms with Crippen LogP contribution in [-0.2, 0) is 16.0 Å². The average Bonchev–Trinajstić information content (AvgIpc) is 3.77. The molecule has 1 aliphatic heterocycles. The Kier molecular flexibility index (Phi) is 11.6. The molecule has 0 radical (unpaired) electrons. The first kappa shape index (κ1) is 35.3. The molecule has 0 bridgehead atoms. The van der Waals surface area contributed by atoms with Gasteiger partial charge >= 0.3 is 0 Å². The topological polar surface area (TPSA) is 150 Å². The minimum Gasteiger partial charge on any atom is -0.487 e. The van der Waals surface area contributed by atoms with E-state index in [2.05, 4.69) is 61.8 Å². The van der Waals surface area contributed by atoms with E-state index in [1.165, 1.54) is 6.33 Å². The van der Waals surface area contributed by atoms with Crippen LogP contribution in [0.1, 0.15) is 65.0 Å². The number of rotatable bonds is 14. The summed E-state index contributed by atoms with van der Waals surface area (Å²) in [6.45, 7) is 11.9. The zero-order valence-electron chi connectivity index (χ0n) is 29.6. The molecule has 1 saturated carbocycles. The summed E-state index contributed by atoms with van der Waals surface area (Å²) in [6.07, 6.45) is 13.3. The SMILES string of the molecule is COC[C@H](C)COc1nn(C2CCC(N3C[C@@H](C)O[C@@H](C)C3)CC2)cc1Nc1ncc(-c2ccc(C#N)c(O[C@@H](C)Cn3cncn3)c2)cn1. The van der Waals surface area contributed by atoms with Crippen molar-refractivity contribution in [1.82, 2.24) is 39.4 Å². The molecule has 6 rings (SSSR count). The third kappa shape index (κ3) is 8.95. The van der Waals surface area contributed by atoms with Gasteiger partial charge in [0.05, 0.1) is 49.8 Å². The number of ether oxygens (including phenoxy) is 4. The maximum absolute atomic E-state index is 9.69. The van der Waals surface area contributed by atoms with Crippen molar-refractivity contribution >= 4 is 11.6 Å². The van der Waals surface area contributed by atoms with Crippen molar-refractivity contribution in [3.63, 3.8) is 0 Å². The van der Waals surface area contributed by atoms with Crippen LogP contribution in [0, 0.1) is 17.2 Å². The fraction of sp³-hybridized carbons (Fsp3) is 0.556. The highest BCUT2D eigenvalue weighted by atomic mass is 16.5. The zero-order chi connectivity index (χ0) is 35.0. The van der Waals surface area contributed by atoms with E-state index < -0.39 is 0 Å². The molecule has 14 heteroatoms. The molecule has 2 fully saturated rings. The number of anilines is 2. The molecule has 4 heterocycles. The second kappa shape index (κ2) is 16.4. The fourth-order valence-corrected chi connectivity index (χ4v) is 6.91. The van der Waals surface area contributed by atoms with Crippen molar-refractivity contribution in [3.05, 3.63) is 55.0 Å². The van der Waals surface area contributed by atoms with Crippen molar-refractivity contribution in [2.75, 3.05) is 38.7 Å². The van der Waals surface area contributed by atoms with Crippen molar-refractivity contribution in [2.45, 2.75) is 90.3 Å². The Labute approximate surface area is 293 Å². The molecule has 1 saturated heterocycles. The Hall–Kier alpha value is -4.58. The van der Waals surface area contributed by atoms with Gasteiger partial charge in [-0.1, -0.05) is 13.0 Å². The van der Waals surface area contributed by atoms with Gasteiger partial charge in [0.1, 0.15) is 36.3 Å². The predicted octanol–water partition coefficient (Wildman–Crippen LogP) is 5.27. The number of benzene rings is 1. The summed E-state index contributed by atoms with van der Waals surface area (Å²) < 4.78 is 27.4. The van der Waals surface area contributed by atoms with Crippen molar-refractivity contribution in [1.29, 1.82) is 5.26 Å². The van der Waals surface area contributed by atoms with Crippen LogP contribution in [0.15, 0.2) is 49.4 Å². The number of nitriles is 1. The molecule has 1 aliphatic carbocycles. The van der Waals surface area contributed by atoms with Gasteiger partial charge in [-0.25, -0.2) is 19.6 Å². The maximum atomic E-state index is 9.69. The molecule has 0 amide bonds. The highest BCUT2D eigenvalue weighted by molar-refractivity contribution is 5.67. The van der Waals surface area contributed by atoms with E-state index in [9.17, 15) is 5.26 Å². The smallest absolute Gasteiger partial charge is 0.256 e. The second-order valence-electron chi connectivity index (χ2n) is 13.7. The quantitative estimate of drug-likeness (QED) is 0.184. The number of nitrogens with one attached hydrogen (secondary N) is 1. The van der Waals surface area contributed by atoms with Gasteiger partial charge in [-0.05, 0) is 64.2 Å². The van der Waals surface area contributed by atoms with Gasteiger partial charge in [0.2, 0.25) is 5.95 Å². The lowest BCUT2D eigenvalue weighted by atomic mass is 9.89. The average molecular weight is 685 g/mol. The minimum absolute atomic E-state index is 0.203. The number of morpholine rings is 1. The van der Waals surface area contributed by atoms with Crippen LogP contribution in [0.3, 0.4) is 0 Å². The summed E-state index contributed by atoms with van der Waals surface area (Å²) in [4.78, 5) is 15.8. The Balaban J connectivity index is 1.14. The van der Waals surface area contributed by atoms with Crippen LogP contribution in [0.25, 0.3) is 11.1 Å². The zero-order valence-corrected chi connectivity index (χ0v) is 29.6. The van der Waals surface area contributed by atoms with Crippen LogP contribution >= 0.6 is 0 Å². The van der Waals surface area contributed by atoms with E-state index in [4.69, 9.17) is 24.0 Å². The molecule has 3 aromatic heterocycles. The van der Waals surface area contributed by atoms with E-state index in [0.717, 1.165) is 55.6 Å². The summed E-state index contributed by atoms with van der Waals surface area (Å²) in [6, 6.07) is 8.53. The monoisotopic (exact) mass is 684 g/mol. The third-order valence-corrected chi connectivity index (χ3v) is 9.23. The van der Waals surface area contributed by atoms with E-state index in [1.54, 1.807) is 36.6 Å². The van der Waals surface area contributed by atoms with Crippen LogP contribution < -0.4 is 14.8 Å². The number of aromatic nitrogens is 7. The molecule has 0 unspecified atom stereocenters. The molecule has 1 aromatic carbocycles. The first-order valence-corrected chi connectivity index (χ1v) is 17.5. The van der Waals surface area contributed by atoms with E-state index in [-0.39, 0.29) is 30.3 Å². The summed E-state index contributed by atoms with van der Waals surface area (Å²) in [7, 11) is 1.70. The Morgan fingerprint density at radius 1 is 1.02 bits per heavy atom. The molecule has 50 heavy (non-hydrogen) atoms. The number of hydrogen-bond acceptors (Lipinski definition) is 12. The maximum Gasteiger partial charge on any atom is 0.256 e. The summed E-state index contributed by atoms with van der Waals surface area (Å²) in [5, 5.41) is 22.1. The molecule has 2 aliphatic rings. The van der Waals surface area contributed by atoms with Gasteiger partial charge < -0.3 is 24.3 Å². The van der Waals surface area contributed by atoms with Crippen LogP contribution in [0.4, 0.5) is 11.6 Å². The lowest BCUT2D eigenvalue weighted by Gasteiger charge is -2.42. The third-order valence-electron chi connectivity index (χ3n) is 9.23. The molecule has 14 nitrogen and oxygen atoms in total. The first-order valence-electron chi connectivity index (χ1n) is 17.5. The van der Waals surface area contributed by atoms with E-state index >= 15 is 0 Å². The van der Waals surface area contributed by atoms with Gasteiger partial charge in [-0.15, -0.1) is 5.10 Å². The second-order valence-corrected chi connectivity index (χ2v) is 13.7. The molecule has 266 valence electrons. The van der Waals surface area contributed by atoms with E-state index in [0.29, 0.717) is 48.9 Å². The summed E-state index contributed by atoms with van der Waals surface area (Å²) in [5.74, 6) is 1.63. The Morgan fingerprint density at radius 2 is 1.76 bits per heavy atom. The van der Waals surface area contributed by atoms with E-state index in [1.807, 2.05) is 25.3 Å². The van der Waals surface area contributed by atoms with Gasteiger partial charge in [0, 0.05) is 50.1 Å². The van der Waals surface area contributed by atoms with Crippen LogP contribution in [0.5, 0.6) is 11.6 Å². The summed E-state index contributed by atoms with van der Waals surface area (Å²) in [5.41, 5.74) is 2.78. The van der Waals surface area contributed by atoms with Crippen molar-refractivity contribution < 1.29 is 18.9 Å². The lowest BCUT2D eigenvalue weighted by molar-refractivity contribution is -0.0852. The fourth-order valence-electron chi connectivity index (χ4n) is 6.91. The lowest BCUT2D eigenvalue weighted by Crippen LogP contribution is -2.51. The molecular formula is C36H48N10O4. The minimum atomic E-state index is -0.232. The number of nitrogens with zero attached hydrogens (tertiary/aromatic N) is 9.